The number of urea groups is 1. The average molecular weight is 494 g/mol. The largest absolute Gasteiger partial charge is 0.327 e. The van der Waals surface area contributed by atoms with Crippen LogP contribution in [0, 0.1) is 11.7 Å². The van der Waals surface area contributed by atoms with Gasteiger partial charge in [0.05, 0.1) is 29.4 Å². The van der Waals surface area contributed by atoms with Gasteiger partial charge in [0.25, 0.3) is 0 Å². The summed E-state index contributed by atoms with van der Waals surface area (Å²) in [6, 6.07) is 5.83. The third-order valence-electron chi connectivity index (χ3n) is 5.58. The van der Waals surface area contributed by atoms with E-state index < -0.39 is 35.5 Å². The summed E-state index contributed by atoms with van der Waals surface area (Å²) in [5.74, 6) is -1.73. The molecule has 2 aromatic rings. The normalized spacial score (nSPS) is 25.2. The molecule has 0 radical (unpaired) electrons. The van der Waals surface area contributed by atoms with Crippen molar-refractivity contribution in [2.24, 2.45) is 5.92 Å². The molecule has 13 heteroatoms. The first kappa shape index (κ1) is 23.5. The molecule has 33 heavy (non-hydrogen) atoms. The van der Waals surface area contributed by atoms with Crippen LogP contribution in [0.5, 0.6) is 0 Å². The van der Waals surface area contributed by atoms with Crippen LogP contribution in [0.2, 0.25) is 0 Å². The highest BCUT2D eigenvalue weighted by molar-refractivity contribution is 8.00. The van der Waals surface area contributed by atoms with Gasteiger partial charge in [-0.2, -0.15) is 0 Å². The molecule has 0 spiro atoms. The SMILES string of the molecule is CCc1nnc(NC(=O)CSC2NC(c3ccccc3F)NC3C2C(=O)N(C)C(=O)N3C)s1. The van der Waals surface area contributed by atoms with Crippen molar-refractivity contribution in [1.29, 1.82) is 0 Å². The van der Waals surface area contributed by atoms with Crippen LogP contribution in [0.1, 0.15) is 23.7 Å². The van der Waals surface area contributed by atoms with E-state index in [4.69, 9.17) is 0 Å². The molecule has 2 aliphatic heterocycles. The minimum absolute atomic E-state index is 0.0283. The average Bonchev–Trinajstić information content (AvgIpc) is 3.27. The Kier molecular flexibility index (Phi) is 6.93. The van der Waals surface area contributed by atoms with Gasteiger partial charge in [-0.25, -0.2) is 9.18 Å². The van der Waals surface area contributed by atoms with Gasteiger partial charge in [0.2, 0.25) is 16.9 Å². The van der Waals surface area contributed by atoms with Crippen molar-refractivity contribution in [3.05, 3.63) is 40.7 Å². The maximum absolute atomic E-state index is 14.5. The summed E-state index contributed by atoms with van der Waals surface area (Å²) in [7, 11) is 3.02. The standard InChI is InChI=1S/C20H24FN7O3S2/c1-4-13-25-26-19(33-13)22-12(29)9-32-17-14-16(27(2)20(31)28(3)18(14)30)23-15(24-17)10-7-5-6-8-11(10)21/h5-8,14-17,23-24H,4,9H2,1-3H3,(H,22,26,29). The number of amides is 4. The van der Waals surface area contributed by atoms with Gasteiger partial charge in [-0.3, -0.25) is 30.4 Å². The lowest BCUT2D eigenvalue weighted by Gasteiger charge is -2.50. The molecule has 176 valence electrons. The first-order valence-electron chi connectivity index (χ1n) is 10.3. The second-order valence-electron chi connectivity index (χ2n) is 7.68. The van der Waals surface area contributed by atoms with Crippen LogP contribution < -0.4 is 16.0 Å². The summed E-state index contributed by atoms with van der Waals surface area (Å²) in [5, 5.41) is 17.8. The Bertz CT molecular complexity index is 1070. The van der Waals surface area contributed by atoms with E-state index >= 15 is 0 Å². The number of anilines is 1. The third kappa shape index (κ3) is 4.71. The zero-order valence-corrected chi connectivity index (χ0v) is 19.9. The fourth-order valence-corrected chi connectivity index (χ4v) is 5.66. The molecule has 2 saturated heterocycles. The molecule has 4 atom stereocenters. The van der Waals surface area contributed by atoms with Crippen LogP contribution in [0.3, 0.4) is 0 Å². The number of hydrogen-bond acceptors (Lipinski definition) is 9. The summed E-state index contributed by atoms with van der Waals surface area (Å²) in [6.45, 7) is 1.95. The van der Waals surface area contributed by atoms with Gasteiger partial charge in [-0.15, -0.1) is 22.0 Å². The zero-order chi connectivity index (χ0) is 23.7. The number of benzene rings is 1. The molecule has 4 unspecified atom stereocenters. The summed E-state index contributed by atoms with van der Waals surface area (Å²) in [6.07, 6.45) is -0.596. The van der Waals surface area contributed by atoms with Crippen LogP contribution in [-0.4, -0.2) is 69.2 Å². The van der Waals surface area contributed by atoms with Crippen molar-refractivity contribution >= 4 is 46.1 Å². The molecule has 3 heterocycles. The number of halogens is 1. The number of fused-ring (bicyclic) bond motifs is 1. The molecule has 10 nitrogen and oxygen atoms in total. The van der Waals surface area contributed by atoms with E-state index in [-0.39, 0.29) is 17.6 Å². The Balaban J connectivity index is 1.53. The fourth-order valence-electron chi connectivity index (χ4n) is 3.86. The van der Waals surface area contributed by atoms with Crippen molar-refractivity contribution in [1.82, 2.24) is 30.6 Å². The Morgan fingerprint density at radius 3 is 2.70 bits per heavy atom. The van der Waals surface area contributed by atoms with E-state index in [1.807, 2.05) is 6.92 Å². The summed E-state index contributed by atoms with van der Waals surface area (Å²) < 4.78 is 14.5. The number of nitrogens with one attached hydrogen (secondary N) is 3. The van der Waals surface area contributed by atoms with Gasteiger partial charge in [0.1, 0.15) is 10.8 Å². The molecular formula is C20H24FN7O3S2. The number of carbonyl (C=O) groups excluding carboxylic acids is 3. The Morgan fingerprint density at radius 1 is 1.24 bits per heavy atom. The number of nitrogens with zero attached hydrogens (tertiary/aromatic N) is 4. The zero-order valence-electron chi connectivity index (χ0n) is 18.2. The summed E-state index contributed by atoms with van der Waals surface area (Å²) in [5.41, 5.74) is 0.360. The number of rotatable bonds is 6. The molecule has 2 aliphatic rings. The molecule has 2 fully saturated rings. The van der Waals surface area contributed by atoms with Crippen LogP contribution >= 0.6 is 23.1 Å². The first-order valence-corrected chi connectivity index (χ1v) is 12.2. The Hall–Kier alpha value is -2.61. The Morgan fingerprint density at radius 2 is 2.00 bits per heavy atom. The fraction of sp³-hybridized carbons (Fsp3) is 0.450. The van der Waals surface area contributed by atoms with Gasteiger partial charge in [-0.05, 0) is 12.5 Å². The molecule has 4 rings (SSSR count). The van der Waals surface area contributed by atoms with E-state index in [0.717, 1.165) is 16.3 Å². The summed E-state index contributed by atoms with van der Waals surface area (Å²) >= 11 is 2.53. The lowest BCUT2D eigenvalue weighted by atomic mass is 9.96. The van der Waals surface area contributed by atoms with Crippen LogP contribution in [-0.2, 0) is 16.0 Å². The number of aromatic nitrogens is 2. The third-order valence-corrected chi connectivity index (χ3v) is 7.78. The molecule has 1 aromatic carbocycles. The van der Waals surface area contributed by atoms with E-state index in [2.05, 4.69) is 26.1 Å². The van der Waals surface area contributed by atoms with Gasteiger partial charge in [0.15, 0.2) is 0 Å². The number of carbonyl (C=O) groups is 3. The highest BCUT2D eigenvalue weighted by Gasteiger charge is 2.51. The molecule has 1 aromatic heterocycles. The first-order chi connectivity index (χ1) is 15.8. The van der Waals surface area contributed by atoms with Crippen LogP contribution in [0.25, 0.3) is 0 Å². The maximum Gasteiger partial charge on any atom is 0.327 e. The number of imide groups is 1. The monoisotopic (exact) mass is 493 g/mol. The van der Waals surface area contributed by atoms with Crippen LogP contribution in [0.4, 0.5) is 14.3 Å². The van der Waals surface area contributed by atoms with Crippen molar-refractivity contribution in [2.45, 2.75) is 31.0 Å². The minimum Gasteiger partial charge on any atom is -0.311 e. The molecular weight excluding hydrogens is 469 g/mol. The number of thioether (sulfide) groups is 1. The van der Waals surface area contributed by atoms with E-state index in [0.29, 0.717) is 10.7 Å². The van der Waals surface area contributed by atoms with Crippen molar-refractivity contribution < 1.29 is 18.8 Å². The highest BCUT2D eigenvalue weighted by Crippen LogP contribution is 2.35. The van der Waals surface area contributed by atoms with Gasteiger partial charge in [0, 0.05) is 19.7 Å². The van der Waals surface area contributed by atoms with Crippen LogP contribution in [0.15, 0.2) is 24.3 Å². The smallest absolute Gasteiger partial charge is 0.311 e. The number of aryl methyl sites for hydroxylation is 1. The molecule has 4 amide bonds. The van der Waals surface area contributed by atoms with Gasteiger partial charge < -0.3 is 4.90 Å². The van der Waals surface area contributed by atoms with Crippen molar-refractivity contribution in [2.75, 3.05) is 25.2 Å². The topological polar surface area (TPSA) is 120 Å². The van der Waals surface area contributed by atoms with Gasteiger partial charge >= 0.3 is 6.03 Å². The van der Waals surface area contributed by atoms with Crippen molar-refractivity contribution in [3.8, 4) is 0 Å². The lowest BCUT2D eigenvalue weighted by molar-refractivity contribution is -0.140. The quantitative estimate of drug-likeness (QED) is 0.555. The predicted molar refractivity (Wildman–Crippen MR) is 123 cm³/mol. The second-order valence-corrected chi connectivity index (χ2v) is 9.88. The van der Waals surface area contributed by atoms with E-state index in [1.165, 1.54) is 41.1 Å². The highest BCUT2D eigenvalue weighted by atomic mass is 32.2. The predicted octanol–water partition coefficient (Wildman–Crippen LogP) is 1.60. The molecule has 0 saturated carbocycles. The van der Waals surface area contributed by atoms with E-state index in [9.17, 15) is 18.8 Å². The second kappa shape index (κ2) is 9.71. The minimum atomic E-state index is -0.674. The van der Waals surface area contributed by atoms with Gasteiger partial charge in [-0.1, -0.05) is 36.5 Å². The Labute approximate surface area is 198 Å². The molecule has 3 N–H and O–H groups in total. The van der Waals surface area contributed by atoms with E-state index in [1.54, 1.807) is 25.2 Å². The molecule has 0 aliphatic carbocycles. The van der Waals surface area contributed by atoms with Crippen molar-refractivity contribution in [3.63, 3.8) is 0 Å². The summed E-state index contributed by atoms with van der Waals surface area (Å²) in [4.78, 5) is 40.5. The number of hydrogen-bond donors (Lipinski definition) is 3. The molecule has 0 bridgehead atoms. The lowest BCUT2D eigenvalue weighted by Crippen LogP contribution is -2.72. The maximum atomic E-state index is 14.5.